The van der Waals surface area contributed by atoms with E-state index in [0.29, 0.717) is 0 Å². The lowest BCUT2D eigenvalue weighted by Gasteiger charge is -2.26. The summed E-state index contributed by atoms with van der Waals surface area (Å²) in [7, 11) is 0. The Morgan fingerprint density at radius 3 is 1.66 bits per heavy atom. The van der Waals surface area contributed by atoms with Gasteiger partial charge in [0.2, 0.25) is 0 Å². The lowest BCUT2D eigenvalue weighted by atomic mass is 9.89. The minimum atomic E-state index is 0.907. The Balaban J connectivity index is 1.00. The largest absolute Gasteiger partial charge is 0.455 e. The molecule has 1 aromatic heterocycles. The quantitative estimate of drug-likeness (QED) is 0.162. The Morgan fingerprint density at radius 2 is 0.845 bits per heavy atom. The van der Waals surface area contributed by atoms with Gasteiger partial charge in [-0.3, -0.25) is 0 Å². The standard InChI is InChI=1S/C56H37NO/c1-2-13-40(14-3-1)49-35-29-44(37-54(49)51-21-10-17-41-15-6-7-18-48(41)51)39-24-30-45(31-25-39)57(47-34-26-38-12-4-5-16-43(38)36-47)46-32-27-42(28-33-46)50-20-11-22-53-52-19-8-9-23-55(52)58-56(50)53/h1-37H. The molecule has 0 atom stereocenters. The number of benzene rings is 10. The number of anilines is 3. The molecular weight excluding hydrogens is 703 g/mol. The minimum Gasteiger partial charge on any atom is -0.455 e. The molecule has 0 saturated heterocycles. The van der Waals surface area contributed by atoms with Gasteiger partial charge in [-0.25, -0.2) is 0 Å². The van der Waals surface area contributed by atoms with E-state index >= 15 is 0 Å². The fraction of sp³-hybridized carbons (Fsp3) is 0. The first kappa shape index (κ1) is 33.6. The number of furan rings is 1. The summed E-state index contributed by atoms with van der Waals surface area (Å²) < 4.78 is 6.41. The minimum absolute atomic E-state index is 0.907. The molecule has 0 amide bonds. The molecule has 1 heterocycles. The molecule has 272 valence electrons. The highest BCUT2D eigenvalue weighted by atomic mass is 16.3. The molecule has 0 radical (unpaired) electrons. The maximum atomic E-state index is 6.41. The van der Waals surface area contributed by atoms with E-state index in [0.717, 1.165) is 55.7 Å². The first-order valence-electron chi connectivity index (χ1n) is 19.8. The van der Waals surface area contributed by atoms with Gasteiger partial charge < -0.3 is 9.32 Å². The number of hydrogen-bond donors (Lipinski definition) is 0. The van der Waals surface area contributed by atoms with Crippen molar-refractivity contribution in [2.45, 2.75) is 0 Å². The van der Waals surface area contributed by atoms with E-state index in [1.165, 1.54) is 49.4 Å². The van der Waals surface area contributed by atoms with Crippen molar-refractivity contribution < 1.29 is 4.42 Å². The average Bonchev–Trinajstić information content (AvgIpc) is 3.69. The van der Waals surface area contributed by atoms with Gasteiger partial charge in [-0.15, -0.1) is 0 Å². The van der Waals surface area contributed by atoms with Crippen LogP contribution in [0.5, 0.6) is 0 Å². The van der Waals surface area contributed by atoms with Crippen LogP contribution < -0.4 is 4.90 Å². The van der Waals surface area contributed by atoms with Gasteiger partial charge in [0, 0.05) is 33.4 Å². The lowest BCUT2D eigenvalue weighted by Crippen LogP contribution is -2.09. The maximum Gasteiger partial charge on any atom is 0.143 e. The summed E-state index contributed by atoms with van der Waals surface area (Å²) in [6, 6.07) is 80.7. The summed E-state index contributed by atoms with van der Waals surface area (Å²) in [5, 5.41) is 7.18. The molecule has 0 aliphatic rings. The van der Waals surface area contributed by atoms with Gasteiger partial charge in [0.05, 0.1) is 0 Å². The summed E-state index contributed by atoms with van der Waals surface area (Å²) >= 11 is 0. The van der Waals surface area contributed by atoms with Crippen molar-refractivity contribution in [2.75, 3.05) is 4.90 Å². The molecule has 10 aromatic carbocycles. The third-order valence-corrected chi connectivity index (χ3v) is 11.5. The van der Waals surface area contributed by atoms with Crippen LogP contribution in [-0.4, -0.2) is 0 Å². The summed E-state index contributed by atoms with van der Waals surface area (Å²) in [5.74, 6) is 0. The number of nitrogens with zero attached hydrogens (tertiary/aromatic N) is 1. The van der Waals surface area contributed by atoms with Crippen LogP contribution in [0.25, 0.3) is 88.0 Å². The zero-order valence-electron chi connectivity index (χ0n) is 31.7. The third-order valence-electron chi connectivity index (χ3n) is 11.5. The van der Waals surface area contributed by atoms with Gasteiger partial charge >= 0.3 is 0 Å². The monoisotopic (exact) mass is 739 g/mol. The van der Waals surface area contributed by atoms with Crippen molar-refractivity contribution in [3.05, 3.63) is 224 Å². The number of fused-ring (bicyclic) bond motifs is 5. The van der Waals surface area contributed by atoms with E-state index in [9.17, 15) is 0 Å². The van der Waals surface area contributed by atoms with Crippen molar-refractivity contribution >= 4 is 60.5 Å². The van der Waals surface area contributed by atoms with Crippen molar-refractivity contribution in [1.29, 1.82) is 0 Å². The van der Waals surface area contributed by atoms with Crippen LogP contribution in [0.4, 0.5) is 17.1 Å². The fourth-order valence-electron chi connectivity index (χ4n) is 8.61. The van der Waals surface area contributed by atoms with Crippen LogP contribution in [0.15, 0.2) is 229 Å². The molecule has 0 bridgehead atoms. The summed E-state index contributed by atoms with van der Waals surface area (Å²) in [5.41, 5.74) is 14.5. The zero-order chi connectivity index (χ0) is 38.4. The van der Waals surface area contributed by atoms with Crippen molar-refractivity contribution in [3.63, 3.8) is 0 Å². The normalized spacial score (nSPS) is 11.4. The third kappa shape index (κ3) is 5.91. The van der Waals surface area contributed by atoms with Crippen LogP contribution in [0.3, 0.4) is 0 Å². The molecule has 0 saturated carbocycles. The molecular formula is C56H37NO. The molecule has 11 rings (SSSR count). The van der Waals surface area contributed by atoms with Gasteiger partial charge in [0.25, 0.3) is 0 Å². The summed E-state index contributed by atoms with van der Waals surface area (Å²) in [6.07, 6.45) is 0. The molecule has 2 nitrogen and oxygen atoms in total. The molecule has 0 fully saturated rings. The lowest BCUT2D eigenvalue weighted by molar-refractivity contribution is 0.670. The van der Waals surface area contributed by atoms with E-state index < -0.39 is 0 Å². The SMILES string of the molecule is c1ccc(-c2ccc(-c3ccc(N(c4ccc(-c5cccc6c5oc5ccccc56)cc4)c4ccc5ccccc5c4)cc3)cc2-c2cccc3ccccc23)cc1. The average molecular weight is 740 g/mol. The number of rotatable bonds is 7. The molecule has 58 heavy (non-hydrogen) atoms. The Labute approximate surface area is 337 Å². The molecule has 0 aliphatic carbocycles. The van der Waals surface area contributed by atoms with E-state index in [4.69, 9.17) is 4.42 Å². The number of hydrogen-bond acceptors (Lipinski definition) is 2. The zero-order valence-corrected chi connectivity index (χ0v) is 31.7. The second-order valence-corrected chi connectivity index (χ2v) is 14.9. The second-order valence-electron chi connectivity index (χ2n) is 14.9. The van der Waals surface area contributed by atoms with E-state index in [1.807, 2.05) is 12.1 Å². The highest BCUT2D eigenvalue weighted by molar-refractivity contribution is 6.09. The Hall–Kier alpha value is -7.68. The summed E-state index contributed by atoms with van der Waals surface area (Å²) in [6.45, 7) is 0. The van der Waals surface area contributed by atoms with Gasteiger partial charge in [-0.05, 0) is 109 Å². The van der Waals surface area contributed by atoms with Crippen LogP contribution in [-0.2, 0) is 0 Å². The first-order valence-corrected chi connectivity index (χ1v) is 19.8. The van der Waals surface area contributed by atoms with Crippen molar-refractivity contribution in [3.8, 4) is 44.5 Å². The van der Waals surface area contributed by atoms with Crippen molar-refractivity contribution in [1.82, 2.24) is 0 Å². The summed E-state index contributed by atoms with van der Waals surface area (Å²) in [4.78, 5) is 2.35. The van der Waals surface area contributed by atoms with E-state index in [2.05, 4.69) is 217 Å². The Bertz CT molecular complexity index is 3260. The predicted molar refractivity (Wildman–Crippen MR) is 245 cm³/mol. The molecule has 0 spiro atoms. The van der Waals surface area contributed by atoms with Crippen LogP contribution in [0.1, 0.15) is 0 Å². The predicted octanol–water partition coefficient (Wildman–Crippen LogP) is 16.0. The first-order chi connectivity index (χ1) is 28.7. The maximum absolute atomic E-state index is 6.41. The molecule has 0 N–H and O–H groups in total. The molecule has 11 aromatic rings. The van der Waals surface area contributed by atoms with Gasteiger partial charge in [0.1, 0.15) is 11.2 Å². The topological polar surface area (TPSA) is 16.4 Å². The Kier molecular flexibility index (Phi) is 8.19. The van der Waals surface area contributed by atoms with Gasteiger partial charge in [-0.1, -0.05) is 176 Å². The van der Waals surface area contributed by atoms with E-state index in [-0.39, 0.29) is 0 Å². The fourth-order valence-corrected chi connectivity index (χ4v) is 8.61. The molecule has 2 heteroatoms. The number of para-hydroxylation sites is 2. The van der Waals surface area contributed by atoms with Crippen LogP contribution in [0.2, 0.25) is 0 Å². The van der Waals surface area contributed by atoms with Gasteiger partial charge in [-0.2, -0.15) is 0 Å². The second kappa shape index (κ2) is 14.1. The highest BCUT2D eigenvalue weighted by Gasteiger charge is 2.17. The molecule has 0 unspecified atom stereocenters. The van der Waals surface area contributed by atoms with E-state index in [1.54, 1.807) is 0 Å². The van der Waals surface area contributed by atoms with Gasteiger partial charge in [0.15, 0.2) is 0 Å². The highest BCUT2D eigenvalue weighted by Crippen LogP contribution is 2.42. The smallest absolute Gasteiger partial charge is 0.143 e. The Morgan fingerprint density at radius 1 is 0.276 bits per heavy atom. The van der Waals surface area contributed by atoms with Crippen molar-refractivity contribution in [2.24, 2.45) is 0 Å². The molecule has 0 aliphatic heterocycles. The van der Waals surface area contributed by atoms with Crippen LogP contribution >= 0.6 is 0 Å². The van der Waals surface area contributed by atoms with Crippen LogP contribution in [0, 0.1) is 0 Å².